The van der Waals surface area contributed by atoms with Gasteiger partial charge in [-0.3, -0.25) is 9.10 Å². The van der Waals surface area contributed by atoms with Crippen molar-refractivity contribution in [1.82, 2.24) is 15.0 Å². The van der Waals surface area contributed by atoms with Gasteiger partial charge in [0, 0.05) is 25.7 Å². The number of hydrogen-bond donors (Lipinski definition) is 0. The summed E-state index contributed by atoms with van der Waals surface area (Å²) in [5, 5.41) is 3.90. The summed E-state index contributed by atoms with van der Waals surface area (Å²) in [7, 11) is -2.30. The number of aromatic nitrogens is 2. The van der Waals surface area contributed by atoms with Gasteiger partial charge in [-0.05, 0) is 56.0 Å². The van der Waals surface area contributed by atoms with E-state index >= 15 is 0 Å². The maximum absolute atomic E-state index is 13.3. The van der Waals surface area contributed by atoms with Gasteiger partial charge in [0.1, 0.15) is 0 Å². The molecule has 3 aromatic rings. The van der Waals surface area contributed by atoms with Gasteiger partial charge < -0.3 is 9.42 Å². The molecule has 0 bridgehead atoms. The van der Waals surface area contributed by atoms with Crippen molar-refractivity contribution < 1.29 is 17.7 Å². The summed E-state index contributed by atoms with van der Waals surface area (Å²) in [4.78, 5) is 18.5. The molecule has 2 heterocycles. The highest BCUT2D eigenvalue weighted by Crippen LogP contribution is 2.28. The van der Waals surface area contributed by atoms with E-state index in [4.69, 9.17) is 4.52 Å². The second-order valence-electron chi connectivity index (χ2n) is 7.71. The molecule has 2 aromatic carbocycles. The first-order chi connectivity index (χ1) is 14.8. The Bertz CT molecular complexity index is 1230. The van der Waals surface area contributed by atoms with Crippen molar-refractivity contribution in [2.45, 2.75) is 31.6 Å². The molecule has 0 saturated carbocycles. The molecule has 1 saturated heterocycles. The van der Waals surface area contributed by atoms with Crippen LogP contribution < -0.4 is 4.31 Å². The maximum Gasteiger partial charge on any atom is 0.316 e. The molecule has 9 heteroatoms. The molecule has 0 spiro atoms. The molecule has 4 rings (SSSR count). The Labute approximate surface area is 181 Å². The largest absolute Gasteiger partial charge is 0.334 e. The van der Waals surface area contributed by atoms with E-state index in [9.17, 15) is 13.2 Å². The molecule has 0 N–H and O–H groups in total. The molecule has 0 unspecified atom stereocenters. The van der Waals surface area contributed by atoms with Crippen molar-refractivity contribution in [3.05, 3.63) is 59.5 Å². The Morgan fingerprint density at radius 3 is 2.55 bits per heavy atom. The lowest BCUT2D eigenvalue weighted by atomic mass is 10.1. The van der Waals surface area contributed by atoms with Gasteiger partial charge in [0.05, 0.1) is 10.6 Å². The lowest BCUT2D eigenvalue weighted by Gasteiger charge is -2.21. The third-order valence-corrected chi connectivity index (χ3v) is 7.38. The number of likely N-dealkylation sites (tertiary alicyclic amines) is 1. The fourth-order valence-electron chi connectivity index (χ4n) is 3.61. The van der Waals surface area contributed by atoms with Gasteiger partial charge in [-0.15, -0.1) is 0 Å². The molecule has 1 aliphatic heterocycles. The number of carbonyl (C=O) groups is 1. The third kappa shape index (κ3) is 4.05. The average Bonchev–Trinajstić information content (AvgIpc) is 3.45. The first-order valence-electron chi connectivity index (χ1n) is 10.1. The Morgan fingerprint density at radius 2 is 1.84 bits per heavy atom. The monoisotopic (exact) mass is 440 g/mol. The van der Waals surface area contributed by atoms with E-state index in [-0.39, 0.29) is 22.5 Å². The zero-order valence-corrected chi connectivity index (χ0v) is 18.5. The van der Waals surface area contributed by atoms with E-state index < -0.39 is 10.0 Å². The minimum absolute atomic E-state index is 0.0845. The molecular formula is C22H24N4O4S. The predicted molar refractivity (Wildman–Crippen MR) is 116 cm³/mol. The van der Waals surface area contributed by atoms with Crippen LogP contribution in [0.25, 0.3) is 11.4 Å². The number of aryl methyl sites for hydroxylation is 2. The van der Waals surface area contributed by atoms with Crippen LogP contribution >= 0.6 is 0 Å². The number of hydrogen-bond acceptors (Lipinski definition) is 6. The first-order valence-corrected chi connectivity index (χ1v) is 11.5. The normalized spacial score (nSPS) is 14.1. The van der Waals surface area contributed by atoms with Gasteiger partial charge in [-0.25, -0.2) is 8.42 Å². The fraction of sp³-hybridized carbons (Fsp3) is 0.318. The molecular weight excluding hydrogens is 416 g/mol. The molecule has 0 atom stereocenters. The molecule has 162 valence electrons. The van der Waals surface area contributed by atoms with Gasteiger partial charge in [0.25, 0.3) is 10.0 Å². The Morgan fingerprint density at radius 1 is 1.10 bits per heavy atom. The van der Waals surface area contributed by atoms with Crippen molar-refractivity contribution in [2.75, 3.05) is 24.4 Å². The van der Waals surface area contributed by atoms with Gasteiger partial charge in [-0.1, -0.05) is 29.4 Å². The number of nitrogens with zero attached hydrogens (tertiary/aromatic N) is 4. The van der Waals surface area contributed by atoms with E-state index in [1.54, 1.807) is 30.0 Å². The van der Waals surface area contributed by atoms with E-state index in [1.165, 1.54) is 17.4 Å². The van der Waals surface area contributed by atoms with Crippen LogP contribution in [0.15, 0.2) is 51.9 Å². The smallest absolute Gasteiger partial charge is 0.316 e. The van der Waals surface area contributed by atoms with Crippen LogP contribution in [0, 0.1) is 13.8 Å². The lowest BCUT2D eigenvalue weighted by Crippen LogP contribution is -2.27. The van der Waals surface area contributed by atoms with Crippen molar-refractivity contribution >= 4 is 21.6 Å². The van der Waals surface area contributed by atoms with Crippen LogP contribution in [0.1, 0.15) is 34.7 Å². The zero-order valence-electron chi connectivity index (χ0n) is 17.7. The van der Waals surface area contributed by atoms with Crippen molar-refractivity contribution in [3.8, 4) is 11.4 Å². The van der Waals surface area contributed by atoms with E-state index in [0.717, 1.165) is 18.4 Å². The van der Waals surface area contributed by atoms with Crippen LogP contribution in [-0.2, 0) is 10.0 Å². The van der Waals surface area contributed by atoms with Crippen molar-refractivity contribution in [3.63, 3.8) is 0 Å². The van der Waals surface area contributed by atoms with Crippen molar-refractivity contribution in [2.24, 2.45) is 0 Å². The van der Waals surface area contributed by atoms with Crippen molar-refractivity contribution in [1.29, 1.82) is 0 Å². The number of carbonyl (C=O) groups excluding carboxylic acids is 1. The van der Waals surface area contributed by atoms with Gasteiger partial charge in [0.15, 0.2) is 0 Å². The maximum atomic E-state index is 13.3. The topological polar surface area (TPSA) is 96.6 Å². The van der Waals surface area contributed by atoms with Crippen LogP contribution in [-0.4, -0.2) is 49.5 Å². The SMILES string of the molecule is Cc1cccc(N(C)S(=O)(=O)c2cc(-c3noc(C(=O)N4CCCC4)n3)ccc2C)c1. The number of sulfonamides is 1. The summed E-state index contributed by atoms with van der Waals surface area (Å²) in [6.07, 6.45) is 1.92. The number of anilines is 1. The molecule has 8 nitrogen and oxygen atoms in total. The molecule has 1 aliphatic rings. The highest BCUT2D eigenvalue weighted by atomic mass is 32.2. The molecule has 0 aliphatic carbocycles. The molecule has 1 aromatic heterocycles. The number of benzene rings is 2. The number of rotatable bonds is 5. The minimum atomic E-state index is -3.82. The standard InChI is InChI=1S/C22H24N4O4S/c1-15-7-6-8-18(13-15)25(3)31(28,29)19-14-17(10-9-16(19)2)20-23-21(30-24-20)22(27)26-11-4-5-12-26/h6-10,13-14H,4-5,11-12H2,1-3H3. The highest BCUT2D eigenvalue weighted by molar-refractivity contribution is 7.92. The van der Waals surface area contributed by atoms with Gasteiger partial charge in [-0.2, -0.15) is 4.98 Å². The van der Waals surface area contributed by atoms with Crippen LogP contribution in [0.5, 0.6) is 0 Å². The fourth-order valence-corrected chi connectivity index (χ4v) is 5.05. The highest BCUT2D eigenvalue weighted by Gasteiger charge is 2.27. The molecule has 0 radical (unpaired) electrons. The summed E-state index contributed by atoms with van der Waals surface area (Å²) >= 11 is 0. The Kier molecular flexibility index (Phi) is 5.53. The summed E-state index contributed by atoms with van der Waals surface area (Å²) in [6.45, 7) is 5.00. The molecule has 1 amide bonds. The Balaban J connectivity index is 1.67. The van der Waals surface area contributed by atoms with E-state index in [2.05, 4.69) is 10.1 Å². The number of amides is 1. The average molecular weight is 441 g/mol. The summed E-state index contributed by atoms with van der Waals surface area (Å²) in [6, 6.07) is 12.2. The first kappa shape index (κ1) is 21.0. The van der Waals surface area contributed by atoms with Crippen LogP contribution in [0.2, 0.25) is 0 Å². The minimum Gasteiger partial charge on any atom is -0.334 e. The second kappa shape index (κ2) is 8.14. The second-order valence-corrected chi connectivity index (χ2v) is 9.65. The quantitative estimate of drug-likeness (QED) is 0.603. The third-order valence-electron chi connectivity index (χ3n) is 5.45. The van der Waals surface area contributed by atoms with E-state index in [1.807, 2.05) is 25.1 Å². The molecule has 1 fully saturated rings. The van der Waals surface area contributed by atoms with E-state index in [0.29, 0.717) is 29.9 Å². The summed E-state index contributed by atoms with van der Waals surface area (Å²) < 4.78 is 33.1. The lowest BCUT2D eigenvalue weighted by molar-refractivity contribution is 0.0743. The Hall–Kier alpha value is -3.20. The summed E-state index contributed by atoms with van der Waals surface area (Å²) in [5.74, 6) is -0.202. The summed E-state index contributed by atoms with van der Waals surface area (Å²) in [5.41, 5.74) is 2.60. The predicted octanol–water partition coefficient (Wildman–Crippen LogP) is 3.41. The van der Waals surface area contributed by atoms with Crippen LogP contribution in [0.3, 0.4) is 0 Å². The van der Waals surface area contributed by atoms with Crippen LogP contribution in [0.4, 0.5) is 5.69 Å². The molecule has 31 heavy (non-hydrogen) atoms. The van der Waals surface area contributed by atoms with Gasteiger partial charge in [0.2, 0.25) is 5.82 Å². The van der Waals surface area contributed by atoms with Gasteiger partial charge >= 0.3 is 11.8 Å². The zero-order chi connectivity index (χ0) is 22.2.